The summed E-state index contributed by atoms with van der Waals surface area (Å²) in [5, 5.41) is 9.50. The van der Waals surface area contributed by atoms with Gasteiger partial charge in [-0.2, -0.15) is 0 Å². The Morgan fingerprint density at radius 1 is 1.19 bits per heavy atom. The van der Waals surface area contributed by atoms with Crippen molar-refractivity contribution < 1.29 is 9.53 Å². The number of rotatable bonds is 6. The molecule has 0 saturated carbocycles. The van der Waals surface area contributed by atoms with Gasteiger partial charge in [-0.05, 0) is 43.4 Å². The molecule has 2 aliphatic rings. The highest BCUT2D eigenvalue weighted by atomic mass is 32.2. The van der Waals surface area contributed by atoms with E-state index >= 15 is 0 Å². The van der Waals surface area contributed by atoms with Gasteiger partial charge >= 0.3 is 0 Å². The van der Waals surface area contributed by atoms with Crippen LogP contribution in [0.25, 0.3) is 0 Å². The van der Waals surface area contributed by atoms with Crippen molar-refractivity contribution in [2.45, 2.75) is 37.9 Å². The monoisotopic (exact) mass is 372 g/mol. The Morgan fingerprint density at radius 2 is 2.00 bits per heavy atom. The zero-order chi connectivity index (χ0) is 17.9. The first-order chi connectivity index (χ1) is 12.8. The molecule has 7 heteroatoms. The third-order valence-electron chi connectivity index (χ3n) is 5.06. The number of aromatic nitrogens is 3. The fourth-order valence-electron chi connectivity index (χ4n) is 3.62. The quantitative estimate of drug-likeness (QED) is 0.574. The van der Waals surface area contributed by atoms with E-state index in [4.69, 9.17) is 4.74 Å². The number of Topliss-reactive ketones (excluding diaryl/α,β-unsaturated/α-hetero) is 1. The van der Waals surface area contributed by atoms with Crippen LogP contribution in [0.3, 0.4) is 0 Å². The van der Waals surface area contributed by atoms with Crippen molar-refractivity contribution in [1.82, 2.24) is 14.8 Å². The van der Waals surface area contributed by atoms with E-state index in [1.165, 1.54) is 29.3 Å². The Labute approximate surface area is 157 Å². The number of hydrogen-bond acceptors (Lipinski definition) is 6. The molecule has 4 rings (SSSR count). The van der Waals surface area contributed by atoms with E-state index in [-0.39, 0.29) is 5.78 Å². The number of anilines is 1. The van der Waals surface area contributed by atoms with Gasteiger partial charge in [-0.15, -0.1) is 10.2 Å². The summed E-state index contributed by atoms with van der Waals surface area (Å²) in [6.45, 7) is 5.97. The number of benzene rings is 1. The number of aryl methyl sites for hydroxylation is 2. The first kappa shape index (κ1) is 17.5. The summed E-state index contributed by atoms with van der Waals surface area (Å²) in [4.78, 5) is 14.8. The van der Waals surface area contributed by atoms with E-state index in [1.807, 2.05) is 6.07 Å². The van der Waals surface area contributed by atoms with Crippen LogP contribution in [0.4, 0.5) is 5.95 Å². The third kappa shape index (κ3) is 3.50. The van der Waals surface area contributed by atoms with Crippen molar-refractivity contribution >= 4 is 23.5 Å². The fourth-order valence-corrected chi connectivity index (χ4v) is 4.51. The lowest BCUT2D eigenvalue weighted by molar-refractivity contribution is 0.102. The number of hydrogen-bond donors (Lipinski definition) is 0. The average molecular weight is 372 g/mol. The van der Waals surface area contributed by atoms with Gasteiger partial charge in [0.15, 0.2) is 10.9 Å². The van der Waals surface area contributed by atoms with Crippen LogP contribution in [-0.2, 0) is 24.1 Å². The van der Waals surface area contributed by atoms with Crippen molar-refractivity contribution in [3.63, 3.8) is 0 Å². The van der Waals surface area contributed by atoms with Crippen LogP contribution in [0.1, 0.15) is 34.8 Å². The van der Waals surface area contributed by atoms with E-state index in [0.717, 1.165) is 62.4 Å². The highest BCUT2D eigenvalue weighted by Gasteiger charge is 2.21. The largest absolute Gasteiger partial charge is 0.378 e. The van der Waals surface area contributed by atoms with E-state index in [9.17, 15) is 4.79 Å². The minimum Gasteiger partial charge on any atom is -0.378 e. The molecule has 138 valence electrons. The first-order valence-corrected chi connectivity index (χ1v) is 10.3. The van der Waals surface area contributed by atoms with Crippen molar-refractivity contribution in [2.75, 3.05) is 37.0 Å². The number of carbonyl (C=O) groups excluding carboxylic acids is 1. The molecule has 1 aromatic heterocycles. The van der Waals surface area contributed by atoms with Gasteiger partial charge in [0.2, 0.25) is 5.95 Å². The summed E-state index contributed by atoms with van der Waals surface area (Å²) in [6.07, 6.45) is 3.44. The lowest BCUT2D eigenvalue weighted by Gasteiger charge is -2.27. The molecule has 2 heterocycles. The average Bonchev–Trinajstić information content (AvgIpc) is 3.32. The first-order valence-electron chi connectivity index (χ1n) is 9.30. The Bertz CT molecular complexity index is 799. The van der Waals surface area contributed by atoms with Crippen molar-refractivity contribution in [3.05, 3.63) is 34.9 Å². The van der Waals surface area contributed by atoms with Gasteiger partial charge in [-0.25, -0.2) is 0 Å². The normalized spacial score (nSPS) is 16.7. The van der Waals surface area contributed by atoms with Crippen LogP contribution >= 0.6 is 11.8 Å². The molecule has 0 unspecified atom stereocenters. The highest BCUT2D eigenvalue weighted by molar-refractivity contribution is 7.99. The topological polar surface area (TPSA) is 60.2 Å². The van der Waals surface area contributed by atoms with Gasteiger partial charge in [-0.1, -0.05) is 23.9 Å². The number of morpholine rings is 1. The molecule has 1 aromatic carbocycles. The summed E-state index contributed by atoms with van der Waals surface area (Å²) in [7, 11) is 0. The maximum Gasteiger partial charge on any atom is 0.228 e. The number of ketones is 1. The fraction of sp³-hybridized carbons (Fsp3) is 0.526. The summed E-state index contributed by atoms with van der Waals surface area (Å²) in [5.74, 6) is 1.42. The van der Waals surface area contributed by atoms with Crippen LogP contribution in [0.5, 0.6) is 0 Å². The molecular formula is C19H24N4O2S. The van der Waals surface area contributed by atoms with Crippen LogP contribution in [-0.4, -0.2) is 52.6 Å². The second-order valence-corrected chi connectivity index (χ2v) is 7.62. The van der Waals surface area contributed by atoms with Crippen molar-refractivity contribution in [2.24, 2.45) is 0 Å². The predicted molar refractivity (Wildman–Crippen MR) is 102 cm³/mol. The maximum atomic E-state index is 12.6. The molecule has 0 bridgehead atoms. The van der Waals surface area contributed by atoms with E-state index in [2.05, 4.69) is 38.7 Å². The lowest BCUT2D eigenvalue weighted by atomic mass is 10.0. The minimum absolute atomic E-state index is 0.156. The molecule has 6 nitrogen and oxygen atoms in total. The summed E-state index contributed by atoms with van der Waals surface area (Å²) >= 11 is 1.47. The second-order valence-electron chi connectivity index (χ2n) is 6.68. The van der Waals surface area contributed by atoms with Crippen molar-refractivity contribution in [1.29, 1.82) is 0 Å². The lowest BCUT2D eigenvalue weighted by Crippen LogP contribution is -2.38. The molecule has 1 fully saturated rings. The second kappa shape index (κ2) is 7.80. The standard InChI is InChI=1S/C19H24N4O2S/c1-2-23-18(22-8-10-25-11-9-22)20-21-19(23)26-13-17(24)16-7-6-14-4-3-5-15(14)12-16/h6-7,12H,2-5,8-11,13H2,1H3. The molecule has 1 aliphatic heterocycles. The van der Waals surface area contributed by atoms with Gasteiger partial charge in [0.1, 0.15) is 0 Å². The molecule has 0 amide bonds. The zero-order valence-electron chi connectivity index (χ0n) is 15.1. The number of thioether (sulfide) groups is 1. The van der Waals surface area contributed by atoms with Crippen LogP contribution in [0.15, 0.2) is 23.4 Å². The number of fused-ring (bicyclic) bond motifs is 1. The highest BCUT2D eigenvalue weighted by Crippen LogP contribution is 2.26. The smallest absolute Gasteiger partial charge is 0.228 e. The Hall–Kier alpha value is -1.86. The third-order valence-corrected chi connectivity index (χ3v) is 6.03. The summed E-state index contributed by atoms with van der Waals surface area (Å²) in [5.41, 5.74) is 3.55. The Morgan fingerprint density at radius 3 is 2.81 bits per heavy atom. The van der Waals surface area contributed by atoms with E-state index in [1.54, 1.807) is 0 Å². The Kier molecular flexibility index (Phi) is 5.26. The van der Waals surface area contributed by atoms with Crippen LogP contribution in [0, 0.1) is 0 Å². The molecule has 0 spiro atoms. The Balaban J connectivity index is 1.44. The molecular weight excluding hydrogens is 348 g/mol. The molecule has 2 aromatic rings. The molecule has 0 atom stereocenters. The van der Waals surface area contributed by atoms with Crippen molar-refractivity contribution in [3.8, 4) is 0 Å². The number of carbonyl (C=O) groups is 1. The van der Waals surface area contributed by atoms with E-state index in [0.29, 0.717) is 5.75 Å². The SMILES string of the molecule is CCn1c(SCC(=O)c2ccc3c(c2)CCC3)nnc1N1CCOCC1. The van der Waals surface area contributed by atoms with Gasteiger partial charge in [0.05, 0.1) is 19.0 Å². The molecule has 0 radical (unpaired) electrons. The van der Waals surface area contributed by atoms with Crippen LogP contribution in [0.2, 0.25) is 0 Å². The van der Waals surface area contributed by atoms with E-state index < -0.39 is 0 Å². The molecule has 0 N–H and O–H groups in total. The molecule has 1 aliphatic carbocycles. The predicted octanol–water partition coefficient (Wildman–Crippen LogP) is 2.60. The maximum absolute atomic E-state index is 12.6. The summed E-state index contributed by atoms with van der Waals surface area (Å²) in [6, 6.07) is 6.16. The number of ether oxygens (including phenoxy) is 1. The minimum atomic E-state index is 0.156. The van der Waals surface area contributed by atoms with Gasteiger partial charge in [-0.3, -0.25) is 9.36 Å². The number of nitrogens with zero attached hydrogens (tertiary/aromatic N) is 4. The van der Waals surface area contributed by atoms with Gasteiger partial charge in [0, 0.05) is 25.2 Å². The summed E-state index contributed by atoms with van der Waals surface area (Å²) < 4.78 is 7.50. The zero-order valence-corrected chi connectivity index (χ0v) is 15.9. The van der Waals surface area contributed by atoms with Crippen LogP contribution < -0.4 is 4.90 Å². The van der Waals surface area contributed by atoms with Gasteiger partial charge < -0.3 is 9.64 Å². The molecule has 1 saturated heterocycles. The van der Waals surface area contributed by atoms with Gasteiger partial charge in [0.25, 0.3) is 0 Å². The molecule has 26 heavy (non-hydrogen) atoms.